The Morgan fingerprint density at radius 1 is 1.35 bits per heavy atom. The average Bonchev–Trinajstić information content (AvgIpc) is 2.90. The predicted molar refractivity (Wildman–Crippen MR) is 79.2 cm³/mol. The predicted octanol–water partition coefficient (Wildman–Crippen LogP) is 2.72. The van der Waals surface area contributed by atoms with Gasteiger partial charge in [0.1, 0.15) is 5.69 Å². The number of rotatable bonds is 5. The fraction of sp³-hybridized carbons (Fsp3) is 0.214. The Balaban J connectivity index is 2.09. The maximum atomic E-state index is 12.0. The van der Waals surface area contributed by atoms with E-state index in [1.807, 2.05) is 18.2 Å². The lowest BCUT2D eigenvalue weighted by molar-refractivity contribution is 0.0946. The Morgan fingerprint density at radius 2 is 2.15 bits per heavy atom. The van der Waals surface area contributed by atoms with Crippen LogP contribution in [-0.4, -0.2) is 25.1 Å². The standard InChI is InChI=1S/C14H15BrN2O3/c1-19-12-5-3-4-9(13(12)20-2)7-17-14(18)11-6-10(15)8-16-11/h3-6,8,16H,7H2,1-2H3,(H,17,18). The van der Waals surface area contributed by atoms with Crippen LogP contribution in [0.4, 0.5) is 0 Å². The van der Waals surface area contributed by atoms with Crippen molar-refractivity contribution in [2.24, 2.45) is 0 Å². The third kappa shape index (κ3) is 3.14. The minimum atomic E-state index is -0.180. The van der Waals surface area contributed by atoms with Crippen LogP contribution in [0.1, 0.15) is 16.1 Å². The van der Waals surface area contributed by atoms with Gasteiger partial charge in [-0.05, 0) is 28.1 Å². The lowest BCUT2D eigenvalue weighted by Crippen LogP contribution is -2.23. The fourth-order valence-electron chi connectivity index (χ4n) is 1.86. The first-order valence-electron chi connectivity index (χ1n) is 5.97. The third-order valence-corrected chi connectivity index (χ3v) is 3.27. The van der Waals surface area contributed by atoms with Gasteiger partial charge in [-0.25, -0.2) is 0 Å². The van der Waals surface area contributed by atoms with E-state index in [0.717, 1.165) is 10.0 Å². The van der Waals surface area contributed by atoms with E-state index in [1.165, 1.54) is 0 Å². The highest BCUT2D eigenvalue weighted by Gasteiger charge is 2.12. The summed E-state index contributed by atoms with van der Waals surface area (Å²) in [6.45, 7) is 0.357. The Bertz CT molecular complexity index is 610. The number of aromatic nitrogens is 1. The van der Waals surface area contributed by atoms with Crippen molar-refractivity contribution >= 4 is 21.8 Å². The molecule has 2 N–H and O–H groups in total. The molecule has 0 bridgehead atoms. The number of nitrogens with one attached hydrogen (secondary N) is 2. The summed E-state index contributed by atoms with van der Waals surface area (Å²) in [5.74, 6) is 1.09. The number of aromatic amines is 1. The zero-order chi connectivity index (χ0) is 14.5. The summed E-state index contributed by atoms with van der Waals surface area (Å²) in [5, 5.41) is 2.83. The van der Waals surface area contributed by atoms with Crippen molar-refractivity contribution in [3.8, 4) is 11.5 Å². The van der Waals surface area contributed by atoms with Crippen molar-refractivity contribution < 1.29 is 14.3 Å². The van der Waals surface area contributed by atoms with Gasteiger partial charge in [0.25, 0.3) is 5.91 Å². The Labute approximate surface area is 125 Å². The molecule has 0 aliphatic carbocycles. The second kappa shape index (κ2) is 6.47. The van der Waals surface area contributed by atoms with E-state index in [9.17, 15) is 4.79 Å². The molecule has 0 saturated carbocycles. The molecule has 0 radical (unpaired) electrons. The molecule has 2 rings (SSSR count). The second-order valence-corrected chi connectivity index (χ2v) is 4.98. The van der Waals surface area contributed by atoms with Crippen LogP contribution in [-0.2, 0) is 6.54 Å². The second-order valence-electron chi connectivity index (χ2n) is 4.07. The zero-order valence-corrected chi connectivity index (χ0v) is 12.8. The fourth-order valence-corrected chi connectivity index (χ4v) is 2.21. The zero-order valence-electron chi connectivity index (χ0n) is 11.2. The van der Waals surface area contributed by atoms with Crippen LogP contribution in [0.2, 0.25) is 0 Å². The van der Waals surface area contributed by atoms with Gasteiger partial charge in [0.05, 0.1) is 14.2 Å². The van der Waals surface area contributed by atoms with Crippen molar-refractivity contribution in [2.45, 2.75) is 6.54 Å². The number of amides is 1. The van der Waals surface area contributed by atoms with Crippen LogP contribution in [0.5, 0.6) is 11.5 Å². The van der Waals surface area contributed by atoms with Crippen LogP contribution >= 0.6 is 15.9 Å². The molecule has 106 valence electrons. The van der Waals surface area contributed by atoms with E-state index in [1.54, 1.807) is 26.5 Å². The quantitative estimate of drug-likeness (QED) is 0.880. The first-order valence-corrected chi connectivity index (χ1v) is 6.77. The van der Waals surface area contributed by atoms with Gasteiger partial charge in [-0.1, -0.05) is 12.1 Å². The lowest BCUT2D eigenvalue weighted by atomic mass is 10.2. The number of ether oxygens (including phenoxy) is 2. The molecule has 2 aromatic rings. The number of benzene rings is 1. The van der Waals surface area contributed by atoms with Gasteiger partial charge in [0.15, 0.2) is 11.5 Å². The molecule has 0 saturated heterocycles. The SMILES string of the molecule is COc1cccc(CNC(=O)c2cc(Br)c[nH]2)c1OC. The molecule has 0 aliphatic rings. The highest BCUT2D eigenvalue weighted by atomic mass is 79.9. The number of carbonyl (C=O) groups excluding carboxylic acids is 1. The molecule has 0 spiro atoms. The van der Waals surface area contributed by atoms with Gasteiger partial charge in [-0.2, -0.15) is 0 Å². The number of para-hydroxylation sites is 1. The summed E-state index contributed by atoms with van der Waals surface area (Å²) in [7, 11) is 3.15. The molecule has 5 nitrogen and oxygen atoms in total. The summed E-state index contributed by atoms with van der Waals surface area (Å²) >= 11 is 3.29. The van der Waals surface area contributed by atoms with Crippen LogP contribution in [0.25, 0.3) is 0 Å². The van der Waals surface area contributed by atoms with Crippen molar-refractivity contribution in [2.75, 3.05) is 14.2 Å². The monoisotopic (exact) mass is 338 g/mol. The molecule has 1 amide bonds. The maximum absolute atomic E-state index is 12.0. The van der Waals surface area contributed by atoms with Crippen molar-refractivity contribution in [1.29, 1.82) is 0 Å². The summed E-state index contributed by atoms with van der Waals surface area (Å²) in [6, 6.07) is 7.27. The Morgan fingerprint density at radius 3 is 2.75 bits per heavy atom. The van der Waals surface area contributed by atoms with Gasteiger partial charge in [-0.15, -0.1) is 0 Å². The van der Waals surface area contributed by atoms with Gasteiger partial charge in [0.2, 0.25) is 0 Å². The number of carbonyl (C=O) groups is 1. The van der Waals surface area contributed by atoms with E-state index in [4.69, 9.17) is 9.47 Å². The highest BCUT2D eigenvalue weighted by molar-refractivity contribution is 9.10. The molecule has 0 fully saturated rings. The average molecular weight is 339 g/mol. The summed E-state index contributed by atoms with van der Waals surface area (Å²) in [5.41, 5.74) is 1.35. The molecule has 20 heavy (non-hydrogen) atoms. The minimum Gasteiger partial charge on any atom is -0.493 e. The molecular formula is C14H15BrN2O3. The molecular weight excluding hydrogens is 324 g/mol. The van der Waals surface area contributed by atoms with Gasteiger partial charge in [0, 0.05) is 22.8 Å². The molecule has 6 heteroatoms. The molecule has 0 aliphatic heterocycles. The van der Waals surface area contributed by atoms with Crippen LogP contribution in [0.15, 0.2) is 34.9 Å². The maximum Gasteiger partial charge on any atom is 0.268 e. The van der Waals surface area contributed by atoms with Crippen molar-refractivity contribution in [3.05, 3.63) is 46.2 Å². The number of halogens is 1. The van der Waals surface area contributed by atoms with Crippen LogP contribution in [0.3, 0.4) is 0 Å². The Kier molecular flexibility index (Phi) is 4.68. The lowest BCUT2D eigenvalue weighted by Gasteiger charge is -2.12. The van der Waals surface area contributed by atoms with E-state index in [-0.39, 0.29) is 5.91 Å². The normalized spacial score (nSPS) is 10.2. The number of hydrogen-bond acceptors (Lipinski definition) is 3. The van der Waals surface area contributed by atoms with Gasteiger partial charge in [-0.3, -0.25) is 4.79 Å². The smallest absolute Gasteiger partial charge is 0.268 e. The number of H-pyrrole nitrogens is 1. The molecule has 1 aromatic carbocycles. The van der Waals surface area contributed by atoms with Gasteiger partial charge >= 0.3 is 0 Å². The summed E-state index contributed by atoms with van der Waals surface area (Å²) in [6.07, 6.45) is 1.71. The molecule has 1 aromatic heterocycles. The molecule has 1 heterocycles. The molecule has 0 atom stereocenters. The van der Waals surface area contributed by atoms with E-state index < -0.39 is 0 Å². The third-order valence-electron chi connectivity index (χ3n) is 2.82. The summed E-state index contributed by atoms with van der Waals surface area (Å²) < 4.78 is 11.4. The van der Waals surface area contributed by atoms with Crippen LogP contribution < -0.4 is 14.8 Å². The minimum absolute atomic E-state index is 0.180. The molecule has 0 unspecified atom stereocenters. The number of hydrogen-bond donors (Lipinski definition) is 2. The van der Waals surface area contributed by atoms with E-state index in [2.05, 4.69) is 26.2 Å². The highest BCUT2D eigenvalue weighted by Crippen LogP contribution is 2.30. The van der Waals surface area contributed by atoms with Gasteiger partial charge < -0.3 is 19.8 Å². The Hall–Kier alpha value is -1.95. The summed E-state index contributed by atoms with van der Waals surface area (Å²) in [4.78, 5) is 14.8. The number of methoxy groups -OCH3 is 2. The first kappa shape index (κ1) is 14.5. The topological polar surface area (TPSA) is 63.3 Å². The van der Waals surface area contributed by atoms with E-state index in [0.29, 0.717) is 23.7 Å². The first-order chi connectivity index (χ1) is 9.65. The van der Waals surface area contributed by atoms with E-state index >= 15 is 0 Å². The van der Waals surface area contributed by atoms with Crippen molar-refractivity contribution in [1.82, 2.24) is 10.3 Å². The van der Waals surface area contributed by atoms with Crippen LogP contribution in [0, 0.1) is 0 Å². The largest absolute Gasteiger partial charge is 0.493 e. The van der Waals surface area contributed by atoms with Crippen molar-refractivity contribution in [3.63, 3.8) is 0 Å².